The first-order valence-electron chi connectivity index (χ1n) is 9.16. The summed E-state index contributed by atoms with van der Waals surface area (Å²) in [4.78, 5) is 13.2. The molecule has 0 unspecified atom stereocenters. The van der Waals surface area contributed by atoms with Gasteiger partial charge in [-0.3, -0.25) is 4.98 Å². The molecular weight excluding hydrogens is 357 g/mol. The van der Waals surface area contributed by atoms with Gasteiger partial charge in [-0.25, -0.2) is 9.37 Å². The molecule has 0 fully saturated rings. The Bertz CT molecular complexity index is 933. The molecule has 6 nitrogen and oxygen atoms in total. The minimum absolute atomic E-state index is 0.0297. The Balaban J connectivity index is 1.97. The highest BCUT2D eigenvalue weighted by Crippen LogP contribution is 2.24. The second kappa shape index (κ2) is 8.75. The second-order valence-electron chi connectivity index (χ2n) is 6.97. The fourth-order valence-electron chi connectivity index (χ4n) is 2.70. The van der Waals surface area contributed by atoms with Crippen molar-refractivity contribution < 1.29 is 9.50 Å². The highest BCUT2D eigenvalue weighted by molar-refractivity contribution is 5.67. The number of nitrogens with one attached hydrogen (secondary N) is 2. The number of rotatable bonds is 7. The highest BCUT2D eigenvalue weighted by Gasteiger charge is 2.15. The Hall–Kier alpha value is -3.06. The SMILES string of the molecule is Cc1cc(Nc2cc(-c3cccnc3)nc(N[C@@H](CO)C(C)C)n2)ccc1F. The van der Waals surface area contributed by atoms with Gasteiger partial charge in [0.1, 0.15) is 11.6 Å². The number of aromatic nitrogens is 3. The minimum atomic E-state index is -0.255. The molecule has 3 N–H and O–H groups in total. The summed E-state index contributed by atoms with van der Waals surface area (Å²) in [5.41, 5.74) is 2.80. The molecule has 0 aliphatic heterocycles. The third-order valence-corrected chi connectivity index (χ3v) is 4.43. The van der Waals surface area contributed by atoms with Crippen LogP contribution in [0.1, 0.15) is 19.4 Å². The van der Waals surface area contributed by atoms with E-state index in [-0.39, 0.29) is 24.4 Å². The van der Waals surface area contributed by atoms with Gasteiger partial charge in [0.05, 0.1) is 18.3 Å². The number of pyridine rings is 1. The van der Waals surface area contributed by atoms with E-state index in [1.165, 1.54) is 6.07 Å². The quantitative estimate of drug-likeness (QED) is 0.570. The van der Waals surface area contributed by atoms with Crippen LogP contribution in [0.2, 0.25) is 0 Å². The molecule has 0 saturated heterocycles. The van der Waals surface area contributed by atoms with Gasteiger partial charge in [-0.15, -0.1) is 0 Å². The van der Waals surface area contributed by atoms with Gasteiger partial charge in [-0.05, 0) is 48.7 Å². The zero-order valence-electron chi connectivity index (χ0n) is 16.1. The normalized spacial score (nSPS) is 12.1. The zero-order chi connectivity index (χ0) is 20.1. The lowest BCUT2D eigenvalue weighted by molar-refractivity contribution is 0.248. The number of hydrogen-bond acceptors (Lipinski definition) is 6. The molecular formula is C21H24FN5O. The van der Waals surface area contributed by atoms with Crippen LogP contribution >= 0.6 is 0 Å². The van der Waals surface area contributed by atoms with E-state index in [0.717, 1.165) is 11.3 Å². The lowest BCUT2D eigenvalue weighted by atomic mass is 10.1. The summed E-state index contributed by atoms with van der Waals surface area (Å²) in [6.07, 6.45) is 3.43. The van der Waals surface area contributed by atoms with Gasteiger partial charge in [0.2, 0.25) is 5.95 Å². The number of aryl methyl sites for hydroxylation is 1. The average molecular weight is 381 g/mol. The van der Waals surface area contributed by atoms with E-state index in [1.54, 1.807) is 31.5 Å². The van der Waals surface area contributed by atoms with Gasteiger partial charge >= 0.3 is 0 Å². The molecule has 146 valence electrons. The summed E-state index contributed by atoms with van der Waals surface area (Å²) in [5, 5.41) is 16.0. The summed E-state index contributed by atoms with van der Waals surface area (Å²) in [5.74, 6) is 0.902. The van der Waals surface area contributed by atoms with E-state index in [2.05, 4.69) is 25.6 Å². The van der Waals surface area contributed by atoms with Gasteiger partial charge in [0.15, 0.2) is 0 Å². The lowest BCUT2D eigenvalue weighted by Gasteiger charge is -2.20. The smallest absolute Gasteiger partial charge is 0.225 e. The highest BCUT2D eigenvalue weighted by atomic mass is 19.1. The molecule has 0 aliphatic rings. The molecule has 7 heteroatoms. The van der Waals surface area contributed by atoms with Crippen LogP contribution in [0.4, 0.5) is 21.8 Å². The predicted octanol–water partition coefficient (Wildman–Crippen LogP) is 4.16. The molecule has 0 bridgehead atoms. The maximum atomic E-state index is 13.6. The van der Waals surface area contributed by atoms with Gasteiger partial charge < -0.3 is 15.7 Å². The number of aliphatic hydroxyl groups is 1. The van der Waals surface area contributed by atoms with Gasteiger partial charge in [0, 0.05) is 29.7 Å². The fraction of sp³-hybridized carbons (Fsp3) is 0.286. The Morgan fingerprint density at radius 2 is 1.96 bits per heavy atom. The maximum absolute atomic E-state index is 13.6. The predicted molar refractivity (Wildman–Crippen MR) is 109 cm³/mol. The lowest BCUT2D eigenvalue weighted by Crippen LogP contribution is -2.30. The molecule has 0 saturated carbocycles. The number of aliphatic hydroxyl groups excluding tert-OH is 1. The molecule has 0 aliphatic carbocycles. The average Bonchev–Trinajstić information content (AvgIpc) is 2.69. The van der Waals surface area contributed by atoms with Crippen molar-refractivity contribution in [2.45, 2.75) is 26.8 Å². The number of hydrogen-bond donors (Lipinski definition) is 3. The monoisotopic (exact) mass is 381 g/mol. The van der Waals surface area contributed by atoms with Crippen molar-refractivity contribution in [1.29, 1.82) is 0 Å². The van der Waals surface area contributed by atoms with E-state index in [4.69, 9.17) is 0 Å². The molecule has 2 heterocycles. The molecule has 0 amide bonds. The molecule has 2 aromatic heterocycles. The van der Waals surface area contributed by atoms with Crippen LogP contribution in [0.5, 0.6) is 0 Å². The molecule has 1 atom stereocenters. The van der Waals surface area contributed by atoms with Gasteiger partial charge in [-0.2, -0.15) is 4.98 Å². The summed E-state index contributed by atoms with van der Waals surface area (Å²) in [6, 6.07) is 10.2. The van der Waals surface area contributed by atoms with Gasteiger partial charge in [-0.1, -0.05) is 13.8 Å². The van der Waals surface area contributed by atoms with Crippen LogP contribution in [0.3, 0.4) is 0 Å². The maximum Gasteiger partial charge on any atom is 0.225 e. The summed E-state index contributed by atoms with van der Waals surface area (Å²) >= 11 is 0. The van der Waals surface area contributed by atoms with Crippen molar-refractivity contribution >= 4 is 17.5 Å². The number of anilines is 3. The van der Waals surface area contributed by atoms with Crippen molar-refractivity contribution in [3.8, 4) is 11.3 Å². The summed E-state index contributed by atoms with van der Waals surface area (Å²) < 4.78 is 13.6. The molecule has 3 rings (SSSR count). The van der Waals surface area contributed by atoms with Crippen molar-refractivity contribution in [3.05, 3.63) is 60.2 Å². The second-order valence-corrected chi connectivity index (χ2v) is 6.97. The largest absolute Gasteiger partial charge is 0.394 e. The van der Waals surface area contributed by atoms with Crippen molar-refractivity contribution in [2.24, 2.45) is 5.92 Å². The molecule has 1 aromatic carbocycles. The van der Waals surface area contributed by atoms with Crippen molar-refractivity contribution in [1.82, 2.24) is 15.0 Å². The van der Waals surface area contributed by atoms with Crippen LogP contribution in [-0.4, -0.2) is 32.7 Å². The first-order chi connectivity index (χ1) is 13.5. The molecule has 0 radical (unpaired) electrons. The molecule has 28 heavy (non-hydrogen) atoms. The molecule has 0 spiro atoms. The standard InChI is InChI=1S/C21H24FN5O/c1-13(2)19(12-28)26-21-25-18(15-5-4-8-23-11-15)10-20(27-21)24-16-6-7-17(22)14(3)9-16/h4-11,13,19,28H,12H2,1-3H3,(H2,24,25,26,27)/t19-/m0/s1. The Morgan fingerprint density at radius 1 is 1.14 bits per heavy atom. The minimum Gasteiger partial charge on any atom is -0.394 e. The topological polar surface area (TPSA) is 83.0 Å². The van der Waals surface area contributed by atoms with Crippen LogP contribution in [0.15, 0.2) is 48.8 Å². The van der Waals surface area contributed by atoms with E-state index < -0.39 is 0 Å². The van der Waals surface area contributed by atoms with Crippen LogP contribution in [0, 0.1) is 18.7 Å². The first kappa shape index (κ1) is 19.7. The molecule has 3 aromatic rings. The third kappa shape index (κ3) is 4.80. The zero-order valence-corrected chi connectivity index (χ0v) is 16.1. The van der Waals surface area contributed by atoms with Crippen LogP contribution in [0.25, 0.3) is 11.3 Å². The van der Waals surface area contributed by atoms with Gasteiger partial charge in [0.25, 0.3) is 0 Å². The van der Waals surface area contributed by atoms with E-state index in [9.17, 15) is 9.50 Å². The summed E-state index contributed by atoms with van der Waals surface area (Å²) in [6.45, 7) is 5.71. The van der Waals surface area contributed by atoms with E-state index >= 15 is 0 Å². The fourth-order valence-corrected chi connectivity index (χ4v) is 2.70. The van der Waals surface area contributed by atoms with Crippen LogP contribution in [-0.2, 0) is 0 Å². The Kier molecular flexibility index (Phi) is 6.16. The van der Waals surface area contributed by atoms with Crippen molar-refractivity contribution in [2.75, 3.05) is 17.2 Å². The number of benzene rings is 1. The number of nitrogens with zero attached hydrogens (tertiary/aromatic N) is 3. The first-order valence-corrected chi connectivity index (χ1v) is 9.16. The van der Waals surface area contributed by atoms with E-state index in [1.807, 2.05) is 32.0 Å². The van der Waals surface area contributed by atoms with Crippen molar-refractivity contribution in [3.63, 3.8) is 0 Å². The Labute approximate surface area is 163 Å². The summed E-state index contributed by atoms with van der Waals surface area (Å²) in [7, 11) is 0. The van der Waals surface area contributed by atoms with E-state index in [0.29, 0.717) is 23.0 Å². The Morgan fingerprint density at radius 3 is 2.61 bits per heavy atom. The third-order valence-electron chi connectivity index (χ3n) is 4.43. The van der Waals surface area contributed by atoms with Crippen LogP contribution < -0.4 is 10.6 Å². The number of halogens is 1.